The zero-order chi connectivity index (χ0) is 11.4. The van der Waals surface area contributed by atoms with Gasteiger partial charge in [-0.25, -0.2) is 0 Å². The van der Waals surface area contributed by atoms with E-state index in [0.717, 1.165) is 31.8 Å². The normalized spacial score (nSPS) is 27.6. The van der Waals surface area contributed by atoms with E-state index in [-0.39, 0.29) is 11.9 Å². The van der Waals surface area contributed by atoms with E-state index in [1.807, 2.05) is 0 Å². The molecule has 92 valence electrons. The van der Waals surface area contributed by atoms with Crippen molar-refractivity contribution in [1.29, 1.82) is 0 Å². The summed E-state index contributed by atoms with van der Waals surface area (Å²) in [6, 6.07) is 0.0311. The lowest BCUT2D eigenvalue weighted by Gasteiger charge is -2.22. The average Bonchev–Trinajstić information content (AvgIpc) is 2.87. The zero-order valence-corrected chi connectivity index (χ0v) is 10.2. The summed E-state index contributed by atoms with van der Waals surface area (Å²) in [5.41, 5.74) is 5.40. The summed E-state index contributed by atoms with van der Waals surface area (Å²) < 4.78 is 0. The van der Waals surface area contributed by atoms with E-state index in [1.54, 1.807) is 0 Å². The van der Waals surface area contributed by atoms with Crippen molar-refractivity contribution in [3.05, 3.63) is 0 Å². The van der Waals surface area contributed by atoms with Gasteiger partial charge in [-0.1, -0.05) is 25.7 Å². The minimum Gasteiger partial charge on any atom is -0.368 e. The number of hydrogen-bond acceptors (Lipinski definition) is 2. The molecular formula is C13H24N2O. The van der Waals surface area contributed by atoms with E-state index in [0.29, 0.717) is 0 Å². The SMILES string of the molecule is NC(=O)C1CCCN1CCCC1CCCC1. The van der Waals surface area contributed by atoms with Gasteiger partial charge in [-0.05, 0) is 44.7 Å². The molecule has 0 aromatic heterocycles. The summed E-state index contributed by atoms with van der Waals surface area (Å²) in [7, 11) is 0. The Morgan fingerprint density at radius 3 is 2.62 bits per heavy atom. The number of hydrogen-bond donors (Lipinski definition) is 1. The molecule has 2 rings (SSSR count). The molecule has 1 atom stereocenters. The van der Waals surface area contributed by atoms with Crippen LogP contribution >= 0.6 is 0 Å². The summed E-state index contributed by atoms with van der Waals surface area (Å²) in [5.74, 6) is 0.841. The highest BCUT2D eigenvalue weighted by atomic mass is 16.1. The van der Waals surface area contributed by atoms with Crippen LogP contribution in [0.4, 0.5) is 0 Å². The van der Waals surface area contributed by atoms with Crippen molar-refractivity contribution in [2.24, 2.45) is 11.7 Å². The predicted octanol–water partition coefficient (Wildman–Crippen LogP) is 1.91. The lowest BCUT2D eigenvalue weighted by Crippen LogP contribution is -2.40. The van der Waals surface area contributed by atoms with Crippen molar-refractivity contribution >= 4 is 5.91 Å². The highest BCUT2D eigenvalue weighted by Gasteiger charge is 2.28. The van der Waals surface area contributed by atoms with Crippen LogP contribution < -0.4 is 5.73 Å². The zero-order valence-electron chi connectivity index (χ0n) is 10.2. The summed E-state index contributed by atoms with van der Waals surface area (Å²) in [4.78, 5) is 13.5. The van der Waals surface area contributed by atoms with Gasteiger partial charge in [0, 0.05) is 0 Å². The first kappa shape index (κ1) is 11.9. The van der Waals surface area contributed by atoms with Crippen molar-refractivity contribution in [2.45, 2.75) is 57.4 Å². The van der Waals surface area contributed by atoms with Gasteiger partial charge in [-0.15, -0.1) is 0 Å². The van der Waals surface area contributed by atoms with Crippen molar-refractivity contribution in [2.75, 3.05) is 13.1 Å². The standard InChI is InChI=1S/C13H24N2O/c14-13(16)12-8-4-10-15(12)9-3-7-11-5-1-2-6-11/h11-12H,1-10H2,(H2,14,16). The topological polar surface area (TPSA) is 46.3 Å². The molecular weight excluding hydrogens is 200 g/mol. The Hall–Kier alpha value is -0.570. The van der Waals surface area contributed by atoms with Crippen LogP contribution in [0.5, 0.6) is 0 Å². The van der Waals surface area contributed by atoms with Crippen molar-refractivity contribution < 1.29 is 4.79 Å². The Bertz CT molecular complexity index is 236. The van der Waals surface area contributed by atoms with E-state index < -0.39 is 0 Å². The quantitative estimate of drug-likeness (QED) is 0.775. The molecule has 0 bridgehead atoms. The maximum atomic E-state index is 11.2. The van der Waals surface area contributed by atoms with Crippen LogP contribution in [0.1, 0.15) is 51.4 Å². The highest BCUT2D eigenvalue weighted by molar-refractivity contribution is 5.80. The number of carbonyl (C=O) groups excluding carboxylic acids is 1. The van der Waals surface area contributed by atoms with Gasteiger partial charge in [0.15, 0.2) is 0 Å². The molecule has 2 N–H and O–H groups in total. The van der Waals surface area contributed by atoms with Gasteiger partial charge in [0.1, 0.15) is 0 Å². The fourth-order valence-electron chi connectivity index (χ4n) is 3.30. The predicted molar refractivity (Wildman–Crippen MR) is 65.0 cm³/mol. The third-order valence-corrected chi connectivity index (χ3v) is 4.22. The van der Waals surface area contributed by atoms with Crippen LogP contribution in [-0.4, -0.2) is 29.9 Å². The Morgan fingerprint density at radius 2 is 1.94 bits per heavy atom. The van der Waals surface area contributed by atoms with Crippen LogP contribution in [0.3, 0.4) is 0 Å². The number of nitrogens with two attached hydrogens (primary N) is 1. The second-order valence-electron chi connectivity index (χ2n) is 5.39. The van der Waals surface area contributed by atoms with Gasteiger partial charge in [0.25, 0.3) is 0 Å². The van der Waals surface area contributed by atoms with Crippen LogP contribution in [0.2, 0.25) is 0 Å². The van der Waals surface area contributed by atoms with Crippen LogP contribution in [-0.2, 0) is 4.79 Å². The molecule has 0 aromatic carbocycles. The van der Waals surface area contributed by atoms with Crippen LogP contribution in [0, 0.1) is 5.92 Å². The second-order valence-corrected chi connectivity index (χ2v) is 5.39. The van der Waals surface area contributed by atoms with E-state index in [9.17, 15) is 4.79 Å². The smallest absolute Gasteiger partial charge is 0.234 e. The largest absolute Gasteiger partial charge is 0.368 e. The molecule has 1 aliphatic carbocycles. The molecule has 1 saturated carbocycles. The van der Waals surface area contributed by atoms with Gasteiger partial charge < -0.3 is 5.73 Å². The molecule has 0 aromatic rings. The first-order chi connectivity index (χ1) is 7.77. The molecule has 1 amide bonds. The van der Waals surface area contributed by atoms with E-state index in [2.05, 4.69) is 4.90 Å². The molecule has 2 fully saturated rings. The summed E-state index contributed by atoms with van der Waals surface area (Å²) in [5, 5.41) is 0. The van der Waals surface area contributed by atoms with Crippen LogP contribution in [0.15, 0.2) is 0 Å². The van der Waals surface area contributed by atoms with Gasteiger partial charge in [-0.2, -0.15) is 0 Å². The molecule has 3 nitrogen and oxygen atoms in total. The fourth-order valence-corrected chi connectivity index (χ4v) is 3.30. The minimum atomic E-state index is -0.127. The van der Waals surface area contributed by atoms with E-state index in [4.69, 9.17) is 5.73 Å². The van der Waals surface area contributed by atoms with Gasteiger partial charge in [0.2, 0.25) is 5.91 Å². The number of carbonyl (C=O) groups is 1. The maximum Gasteiger partial charge on any atom is 0.234 e. The molecule has 1 aliphatic heterocycles. The average molecular weight is 224 g/mol. The first-order valence-electron chi connectivity index (χ1n) is 6.81. The van der Waals surface area contributed by atoms with Gasteiger partial charge >= 0.3 is 0 Å². The van der Waals surface area contributed by atoms with Crippen LogP contribution in [0.25, 0.3) is 0 Å². The lowest BCUT2D eigenvalue weighted by atomic mass is 10.0. The van der Waals surface area contributed by atoms with Crippen molar-refractivity contribution in [1.82, 2.24) is 4.90 Å². The number of nitrogens with zero attached hydrogens (tertiary/aromatic N) is 1. The first-order valence-corrected chi connectivity index (χ1v) is 6.81. The van der Waals surface area contributed by atoms with E-state index >= 15 is 0 Å². The number of amides is 1. The maximum absolute atomic E-state index is 11.2. The third kappa shape index (κ3) is 2.97. The molecule has 0 radical (unpaired) electrons. The molecule has 16 heavy (non-hydrogen) atoms. The molecule has 0 spiro atoms. The molecule has 2 aliphatic rings. The number of likely N-dealkylation sites (tertiary alicyclic amines) is 1. The van der Waals surface area contributed by atoms with Gasteiger partial charge in [0.05, 0.1) is 6.04 Å². The monoisotopic (exact) mass is 224 g/mol. The Labute approximate surface area is 98.4 Å². The molecule has 3 heteroatoms. The van der Waals surface area contributed by atoms with Gasteiger partial charge in [-0.3, -0.25) is 9.69 Å². The third-order valence-electron chi connectivity index (χ3n) is 4.22. The Morgan fingerprint density at radius 1 is 1.19 bits per heavy atom. The Kier molecular flexibility index (Phi) is 4.22. The summed E-state index contributed by atoms with van der Waals surface area (Å²) in [6.07, 6.45) is 10.4. The Balaban J connectivity index is 1.66. The van der Waals surface area contributed by atoms with E-state index in [1.165, 1.54) is 38.5 Å². The summed E-state index contributed by atoms with van der Waals surface area (Å²) >= 11 is 0. The minimum absolute atomic E-state index is 0.0311. The second kappa shape index (κ2) is 5.67. The van der Waals surface area contributed by atoms with Crippen molar-refractivity contribution in [3.8, 4) is 0 Å². The lowest BCUT2D eigenvalue weighted by molar-refractivity contribution is -0.122. The number of rotatable bonds is 5. The number of primary amides is 1. The highest BCUT2D eigenvalue weighted by Crippen LogP contribution is 2.29. The molecule has 1 saturated heterocycles. The fraction of sp³-hybridized carbons (Fsp3) is 0.923. The van der Waals surface area contributed by atoms with Crippen molar-refractivity contribution in [3.63, 3.8) is 0 Å². The summed E-state index contributed by atoms with van der Waals surface area (Å²) in [6.45, 7) is 2.14. The molecule has 1 unspecified atom stereocenters. The molecule has 1 heterocycles.